The van der Waals surface area contributed by atoms with E-state index < -0.39 is 0 Å². The van der Waals surface area contributed by atoms with Crippen LogP contribution in [-0.2, 0) is 11.2 Å². The Hall–Kier alpha value is -3.04. The maximum Gasteiger partial charge on any atom is 0.249 e. The number of aromatic nitrogens is 2. The number of piperazine rings is 1. The Bertz CT molecular complexity index is 1360. The van der Waals surface area contributed by atoms with E-state index in [1.54, 1.807) is 25.3 Å². The fourth-order valence-electron chi connectivity index (χ4n) is 7.80. The molecule has 0 radical (unpaired) electrons. The first-order valence-corrected chi connectivity index (χ1v) is 17.3. The standard InChI is InChI=1S/C36H52N6O3/c1-6-30-36(44)39(4)31-22-37-34(38-35(31)42(30)24(2)3)21-28-12-11-27(20-33(28)45-5)32(43)19-25-9-13-29(14-10-25)41-17-15-40(16-18-41)23-26-7-8-26/h11-12,20,22,24-26,29-30H,6-10,13-19,21,23H2,1-5H3/t25?,29?,30-/m0/s1. The third-order valence-electron chi connectivity index (χ3n) is 10.7. The van der Waals surface area contributed by atoms with Crippen LogP contribution in [0.2, 0.25) is 0 Å². The van der Waals surface area contributed by atoms with Crippen LogP contribution >= 0.6 is 0 Å². The number of nitrogens with zero attached hydrogens (tertiary/aromatic N) is 6. The van der Waals surface area contributed by atoms with Gasteiger partial charge in [-0.1, -0.05) is 19.1 Å². The molecule has 1 aromatic heterocycles. The molecule has 9 nitrogen and oxygen atoms in total. The molecule has 45 heavy (non-hydrogen) atoms. The van der Waals surface area contributed by atoms with Crippen LogP contribution in [0.5, 0.6) is 5.75 Å². The lowest BCUT2D eigenvalue weighted by molar-refractivity contribution is -0.120. The quantitative estimate of drug-likeness (QED) is 0.319. The van der Waals surface area contributed by atoms with Crippen LogP contribution in [0.15, 0.2) is 24.4 Å². The molecule has 2 aliphatic heterocycles. The van der Waals surface area contributed by atoms with E-state index in [2.05, 4.69) is 33.5 Å². The Kier molecular flexibility index (Phi) is 9.76. The van der Waals surface area contributed by atoms with Crippen molar-refractivity contribution in [1.82, 2.24) is 19.8 Å². The van der Waals surface area contributed by atoms with Gasteiger partial charge in [0.05, 0.1) is 13.3 Å². The van der Waals surface area contributed by atoms with Crippen molar-refractivity contribution in [2.75, 3.05) is 56.7 Å². The van der Waals surface area contributed by atoms with Gasteiger partial charge in [-0.2, -0.15) is 0 Å². The number of benzene rings is 1. The molecule has 1 saturated heterocycles. The Labute approximate surface area is 269 Å². The highest BCUT2D eigenvalue weighted by molar-refractivity contribution is 6.04. The van der Waals surface area contributed by atoms with Crippen LogP contribution in [0.4, 0.5) is 11.5 Å². The minimum atomic E-state index is -0.243. The summed E-state index contributed by atoms with van der Waals surface area (Å²) in [7, 11) is 3.45. The van der Waals surface area contributed by atoms with E-state index in [1.165, 1.54) is 58.4 Å². The molecule has 1 amide bonds. The molecule has 6 rings (SSSR count). The molecule has 3 heterocycles. The minimum absolute atomic E-state index is 0.0717. The van der Waals surface area contributed by atoms with Gasteiger partial charge in [-0.05, 0) is 76.7 Å². The van der Waals surface area contributed by atoms with Crippen molar-refractivity contribution in [2.24, 2.45) is 11.8 Å². The zero-order valence-corrected chi connectivity index (χ0v) is 28.0. The monoisotopic (exact) mass is 616 g/mol. The molecular weight excluding hydrogens is 564 g/mol. The van der Waals surface area contributed by atoms with Crippen molar-refractivity contribution >= 4 is 23.2 Å². The van der Waals surface area contributed by atoms with Crippen molar-refractivity contribution in [3.8, 4) is 5.75 Å². The number of carbonyl (C=O) groups is 2. The number of hydrogen-bond acceptors (Lipinski definition) is 8. The number of rotatable bonds is 11. The lowest BCUT2D eigenvalue weighted by Crippen LogP contribution is -2.55. The zero-order valence-electron chi connectivity index (χ0n) is 28.0. The van der Waals surface area contributed by atoms with Crippen molar-refractivity contribution < 1.29 is 14.3 Å². The smallest absolute Gasteiger partial charge is 0.249 e. The largest absolute Gasteiger partial charge is 0.496 e. The van der Waals surface area contributed by atoms with Crippen molar-refractivity contribution in [3.63, 3.8) is 0 Å². The van der Waals surface area contributed by atoms with E-state index in [4.69, 9.17) is 9.72 Å². The molecule has 3 fully saturated rings. The van der Waals surface area contributed by atoms with Crippen molar-refractivity contribution in [2.45, 2.75) is 96.7 Å². The average molecular weight is 617 g/mol. The predicted octanol–water partition coefficient (Wildman–Crippen LogP) is 5.21. The molecule has 2 saturated carbocycles. The first-order valence-electron chi connectivity index (χ1n) is 17.3. The number of methoxy groups -OCH3 is 1. The van der Waals surface area contributed by atoms with Gasteiger partial charge in [0.2, 0.25) is 5.91 Å². The van der Waals surface area contributed by atoms with Gasteiger partial charge in [-0.15, -0.1) is 0 Å². The molecule has 0 spiro atoms. The molecule has 1 aromatic carbocycles. The Morgan fingerprint density at radius 3 is 2.38 bits per heavy atom. The zero-order chi connectivity index (χ0) is 31.7. The Morgan fingerprint density at radius 2 is 1.73 bits per heavy atom. The molecule has 0 N–H and O–H groups in total. The molecule has 4 aliphatic rings. The third kappa shape index (κ3) is 7.04. The summed E-state index contributed by atoms with van der Waals surface area (Å²) < 4.78 is 5.77. The predicted molar refractivity (Wildman–Crippen MR) is 178 cm³/mol. The van der Waals surface area contributed by atoms with Gasteiger partial charge >= 0.3 is 0 Å². The van der Waals surface area contributed by atoms with Gasteiger partial charge < -0.3 is 19.4 Å². The summed E-state index contributed by atoms with van der Waals surface area (Å²) in [6.07, 6.45) is 11.1. The summed E-state index contributed by atoms with van der Waals surface area (Å²) in [4.78, 5) is 45.2. The summed E-state index contributed by atoms with van der Waals surface area (Å²) in [5.74, 6) is 3.85. The first-order chi connectivity index (χ1) is 21.7. The molecule has 244 valence electrons. The number of fused-ring (bicyclic) bond motifs is 1. The molecule has 0 bridgehead atoms. The summed E-state index contributed by atoms with van der Waals surface area (Å²) in [5.41, 5.74) is 2.39. The summed E-state index contributed by atoms with van der Waals surface area (Å²) in [6, 6.07) is 6.38. The van der Waals surface area contributed by atoms with E-state index in [-0.39, 0.29) is 23.8 Å². The van der Waals surface area contributed by atoms with Crippen LogP contribution in [0, 0.1) is 11.8 Å². The van der Waals surface area contributed by atoms with Crippen molar-refractivity contribution in [3.05, 3.63) is 41.3 Å². The minimum Gasteiger partial charge on any atom is -0.496 e. The van der Waals surface area contributed by atoms with Gasteiger partial charge in [-0.25, -0.2) is 9.97 Å². The molecule has 2 aliphatic carbocycles. The SMILES string of the molecule is CC[C@H]1C(=O)N(C)c2cnc(Cc3ccc(C(=O)CC4CCC(N5CCN(CC6CC6)CC5)CC4)cc3OC)nc2N1C(C)C. The highest BCUT2D eigenvalue weighted by atomic mass is 16.5. The topological polar surface area (TPSA) is 82.1 Å². The Morgan fingerprint density at radius 1 is 1.02 bits per heavy atom. The molecule has 1 atom stereocenters. The highest BCUT2D eigenvalue weighted by Gasteiger charge is 2.38. The summed E-state index contributed by atoms with van der Waals surface area (Å²) in [6.45, 7) is 12.4. The lowest BCUT2D eigenvalue weighted by Gasteiger charge is -2.42. The number of Topliss-reactive ketones (excluding diaryl/α,β-unsaturated/α-hetero) is 1. The van der Waals surface area contributed by atoms with Gasteiger partial charge in [0.15, 0.2) is 11.6 Å². The number of ketones is 1. The van der Waals surface area contributed by atoms with E-state index in [0.717, 1.165) is 35.8 Å². The fraction of sp³-hybridized carbons (Fsp3) is 0.667. The van der Waals surface area contributed by atoms with E-state index in [0.29, 0.717) is 48.4 Å². The van der Waals surface area contributed by atoms with Crippen molar-refractivity contribution in [1.29, 1.82) is 0 Å². The van der Waals surface area contributed by atoms with Gasteiger partial charge in [0.25, 0.3) is 0 Å². The molecule has 9 heteroatoms. The number of hydrogen-bond donors (Lipinski definition) is 0. The van der Waals surface area contributed by atoms with Crippen LogP contribution < -0.4 is 14.5 Å². The van der Waals surface area contributed by atoms with Gasteiger partial charge in [0.1, 0.15) is 23.3 Å². The van der Waals surface area contributed by atoms with Crippen LogP contribution in [0.25, 0.3) is 0 Å². The Balaban J connectivity index is 1.06. The van der Waals surface area contributed by atoms with E-state index >= 15 is 0 Å². The van der Waals surface area contributed by atoms with Crippen LogP contribution in [0.3, 0.4) is 0 Å². The maximum absolute atomic E-state index is 13.4. The molecular formula is C36H52N6O3. The van der Waals surface area contributed by atoms with E-state index in [1.807, 2.05) is 25.1 Å². The van der Waals surface area contributed by atoms with Crippen LogP contribution in [0.1, 0.15) is 93.9 Å². The highest BCUT2D eigenvalue weighted by Crippen LogP contribution is 2.37. The summed E-state index contributed by atoms with van der Waals surface area (Å²) in [5, 5.41) is 0. The number of amides is 1. The van der Waals surface area contributed by atoms with E-state index in [9.17, 15) is 9.59 Å². The summed E-state index contributed by atoms with van der Waals surface area (Å²) >= 11 is 0. The fourth-order valence-corrected chi connectivity index (χ4v) is 7.80. The average Bonchev–Trinajstić information content (AvgIpc) is 3.87. The maximum atomic E-state index is 13.4. The first kappa shape index (κ1) is 31.9. The second kappa shape index (κ2) is 13.8. The van der Waals surface area contributed by atoms with Gasteiger partial charge in [0, 0.05) is 75.8 Å². The lowest BCUT2D eigenvalue weighted by atomic mass is 9.81. The second-order valence-corrected chi connectivity index (χ2v) is 14.1. The number of likely N-dealkylation sites (N-methyl/N-ethyl adjacent to an activating group) is 1. The number of carbonyl (C=O) groups excluding carboxylic acids is 2. The molecule has 2 aromatic rings. The number of anilines is 2. The van der Waals surface area contributed by atoms with Gasteiger partial charge in [-0.3, -0.25) is 14.5 Å². The molecule has 0 unspecified atom stereocenters. The normalized spacial score (nSPS) is 24.7. The second-order valence-electron chi connectivity index (χ2n) is 14.1. The third-order valence-corrected chi connectivity index (χ3v) is 10.7. The number of ether oxygens (including phenoxy) is 1. The van der Waals surface area contributed by atoms with Crippen LogP contribution in [-0.4, -0.2) is 96.5 Å².